The highest BCUT2D eigenvalue weighted by Crippen LogP contribution is 2.65. The molecule has 3 fully saturated rings. The minimum atomic E-state index is -2.08. The molecule has 8 atom stereocenters. The SMILES string of the molecule is CC(=O)OC1C(=O)[C@@]2(C)C(C(OC(=O)c3ccsc3)C3(O)CC(=O)C(C)=C1C3(C)C)C1(OC(C)=O)COC1C[C@@H]2C. The van der Waals surface area contributed by atoms with Gasteiger partial charge in [0.25, 0.3) is 0 Å². The summed E-state index contributed by atoms with van der Waals surface area (Å²) in [6.07, 6.45) is -3.74. The summed E-state index contributed by atoms with van der Waals surface area (Å²) in [5.74, 6) is -4.70. The topological polar surface area (TPSA) is 143 Å². The van der Waals surface area contributed by atoms with E-state index in [-0.39, 0.29) is 23.3 Å². The molecule has 1 saturated heterocycles. The smallest absolute Gasteiger partial charge is 0.339 e. The van der Waals surface area contributed by atoms with Gasteiger partial charge >= 0.3 is 17.9 Å². The van der Waals surface area contributed by atoms with Crippen LogP contribution in [-0.2, 0) is 38.1 Å². The van der Waals surface area contributed by atoms with Crippen LogP contribution in [-0.4, -0.2) is 70.7 Å². The van der Waals surface area contributed by atoms with Gasteiger partial charge in [0.15, 0.2) is 23.3 Å². The molecule has 2 heterocycles. The summed E-state index contributed by atoms with van der Waals surface area (Å²) < 4.78 is 23.8. The van der Waals surface area contributed by atoms with E-state index >= 15 is 0 Å². The predicted octanol–water partition coefficient (Wildman–Crippen LogP) is 3.20. The first-order valence-corrected chi connectivity index (χ1v) is 14.7. The summed E-state index contributed by atoms with van der Waals surface area (Å²) in [5.41, 5.74) is -5.76. The number of hydrogen-bond donors (Lipinski definition) is 1. The molecular formula is C30H36O10S. The standard InChI is InChI=1S/C30H36O10S/c1-14-10-20-29(13-37-20,40-17(4)32)23-25(39-26(35)18-8-9-41-12-18)30(36)11-19(33)15(2)21(27(30,5)6)22(38-16(3)31)24(34)28(14,23)7/h8-9,12,14,20,22-23,25,36H,10-11,13H2,1-7H3/t14-,20?,22?,23?,25?,28+,29?,30?/m0/s1. The summed E-state index contributed by atoms with van der Waals surface area (Å²) in [5, 5.41) is 16.1. The molecule has 0 spiro atoms. The Morgan fingerprint density at radius 3 is 2.32 bits per heavy atom. The molecule has 1 aromatic heterocycles. The third-order valence-electron chi connectivity index (χ3n) is 10.2. The van der Waals surface area contributed by atoms with Crippen LogP contribution in [0.25, 0.3) is 0 Å². The molecule has 0 amide bonds. The number of thiophene rings is 1. The highest BCUT2D eigenvalue weighted by Gasteiger charge is 2.77. The lowest BCUT2D eigenvalue weighted by atomic mass is 9.43. The minimum absolute atomic E-state index is 0.103. The first-order chi connectivity index (χ1) is 19.0. The lowest BCUT2D eigenvalue weighted by Crippen LogP contribution is -2.80. The van der Waals surface area contributed by atoms with Crippen LogP contribution in [0.4, 0.5) is 0 Å². The van der Waals surface area contributed by atoms with Crippen molar-refractivity contribution in [2.24, 2.45) is 22.7 Å². The van der Waals surface area contributed by atoms with E-state index in [9.17, 15) is 29.1 Å². The number of carbonyl (C=O) groups is 5. The van der Waals surface area contributed by atoms with E-state index in [0.29, 0.717) is 6.42 Å². The molecule has 0 radical (unpaired) electrons. The Morgan fingerprint density at radius 1 is 1.10 bits per heavy atom. The average Bonchev–Trinajstić information content (AvgIpc) is 3.41. The average molecular weight is 589 g/mol. The molecule has 4 aliphatic rings. The Bertz CT molecular complexity index is 1360. The molecule has 6 unspecified atom stereocenters. The van der Waals surface area contributed by atoms with Crippen LogP contribution in [0.15, 0.2) is 28.0 Å². The fourth-order valence-electron chi connectivity index (χ4n) is 7.82. The van der Waals surface area contributed by atoms with Gasteiger partial charge in [-0.05, 0) is 41.9 Å². The van der Waals surface area contributed by atoms with Gasteiger partial charge in [-0.25, -0.2) is 4.79 Å². The molecule has 1 aliphatic heterocycles. The van der Waals surface area contributed by atoms with Crippen molar-refractivity contribution in [2.45, 2.75) is 90.8 Å². The van der Waals surface area contributed by atoms with Crippen molar-refractivity contribution in [3.63, 3.8) is 0 Å². The Labute approximate surface area is 242 Å². The molecule has 11 heteroatoms. The van der Waals surface area contributed by atoms with Crippen LogP contribution < -0.4 is 0 Å². The van der Waals surface area contributed by atoms with Gasteiger partial charge in [0.05, 0.1) is 18.1 Å². The van der Waals surface area contributed by atoms with Gasteiger partial charge < -0.3 is 24.1 Å². The number of ketones is 2. The van der Waals surface area contributed by atoms with Gasteiger partial charge in [0, 0.05) is 36.5 Å². The van der Waals surface area contributed by atoms with Crippen molar-refractivity contribution < 1.29 is 48.0 Å². The molecule has 1 N–H and O–H groups in total. The molecule has 3 aliphatic carbocycles. The number of esters is 3. The maximum absolute atomic E-state index is 14.9. The molecule has 222 valence electrons. The minimum Gasteiger partial charge on any atom is -0.455 e. The van der Waals surface area contributed by atoms with Crippen molar-refractivity contribution in [3.8, 4) is 0 Å². The molecule has 5 rings (SSSR count). The Kier molecular flexibility index (Phi) is 6.91. The summed E-state index contributed by atoms with van der Waals surface area (Å²) in [4.78, 5) is 67.0. The highest BCUT2D eigenvalue weighted by molar-refractivity contribution is 7.08. The van der Waals surface area contributed by atoms with Gasteiger partial charge in [-0.2, -0.15) is 11.3 Å². The fourth-order valence-corrected chi connectivity index (χ4v) is 8.45. The molecule has 41 heavy (non-hydrogen) atoms. The summed E-state index contributed by atoms with van der Waals surface area (Å²) in [6.45, 7) is 10.7. The van der Waals surface area contributed by atoms with Gasteiger partial charge in [-0.3, -0.25) is 19.2 Å². The second-order valence-corrected chi connectivity index (χ2v) is 13.4. The van der Waals surface area contributed by atoms with E-state index in [1.54, 1.807) is 44.5 Å². The number of hydrogen-bond acceptors (Lipinski definition) is 11. The lowest BCUT2D eigenvalue weighted by Gasteiger charge is -2.67. The van der Waals surface area contributed by atoms with Gasteiger partial charge in [0.2, 0.25) is 0 Å². The van der Waals surface area contributed by atoms with Gasteiger partial charge in [-0.1, -0.05) is 27.7 Å². The molecule has 0 aromatic carbocycles. The van der Waals surface area contributed by atoms with E-state index in [1.807, 2.05) is 6.92 Å². The molecule has 2 saturated carbocycles. The Hall–Kier alpha value is -2.89. The van der Waals surface area contributed by atoms with E-state index in [4.69, 9.17) is 18.9 Å². The first kappa shape index (κ1) is 29.6. The van der Waals surface area contributed by atoms with Crippen molar-refractivity contribution in [3.05, 3.63) is 33.5 Å². The zero-order valence-electron chi connectivity index (χ0n) is 24.3. The summed E-state index contributed by atoms with van der Waals surface area (Å²) >= 11 is 1.29. The van der Waals surface area contributed by atoms with E-state index in [0.717, 1.165) is 0 Å². The van der Waals surface area contributed by atoms with Crippen molar-refractivity contribution in [1.29, 1.82) is 0 Å². The molecule has 2 bridgehead atoms. The first-order valence-electron chi connectivity index (χ1n) is 13.7. The van der Waals surface area contributed by atoms with Crippen LogP contribution >= 0.6 is 11.3 Å². The van der Waals surface area contributed by atoms with Crippen molar-refractivity contribution >= 4 is 40.8 Å². The van der Waals surface area contributed by atoms with E-state index in [1.165, 1.54) is 25.2 Å². The molecular weight excluding hydrogens is 552 g/mol. The normalized spacial score (nSPS) is 39.4. The van der Waals surface area contributed by atoms with Crippen LogP contribution in [0.2, 0.25) is 0 Å². The lowest BCUT2D eigenvalue weighted by molar-refractivity contribution is -0.338. The number of aliphatic hydroxyl groups is 1. The maximum Gasteiger partial charge on any atom is 0.339 e. The largest absolute Gasteiger partial charge is 0.455 e. The second kappa shape index (κ2) is 9.57. The quantitative estimate of drug-likeness (QED) is 0.412. The number of Topliss-reactive ketones (excluding diaryl/α,β-unsaturated/α-hetero) is 2. The summed E-state index contributed by atoms with van der Waals surface area (Å²) in [6, 6.07) is 1.58. The maximum atomic E-state index is 14.9. The van der Waals surface area contributed by atoms with Crippen molar-refractivity contribution in [2.75, 3.05) is 6.61 Å². The third-order valence-corrected chi connectivity index (χ3v) is 10.9. The van der Waals surface area contributed by atoms with Crippen LogP contribution in [0.3, 0.4) is 0 Å². The number of fused-ring (bicyclic) bond motifs is 5. The van der Waals surface area contributed by atoms with Gasteiger partial charge in [0.1, 0.15) is 17.8 Å². The van der Waals surface area contributed by atoms with E-state index < -0.39 is 88.1 Å². The Balaban J connectivity index is 1.85. The third kappa shape index (κ3) is 3.99. The number of carbonyl (C=O) groups excluding carboxylic acids is 5. The van der Waals surface area contributed by atoms with Crippen LogP contribution in [0, 0.1) is 22.7 Å². The summed E-state index contributed by atoms with van der Waals surface area (Å²) in [7, 11) is 0. The fraction of sp³-hybridized carbons (Fsp3) is 0.633. The molecule has 1 aromatic rings. The predicted molar refractivity (Wildman–Crippen MR) is 145 cm³/mol. The highest BCUT2D eigenvalue weighted by atomic mass is 32.1. The monoisotopic (exact) mass is 588 g/mol. The number of allylic oxidation sites excluding steroid dienone is 1. The zero-order valence-corrected chi connectivity index (χ0v) is 25.1. The second-order valence-electron chi connectivity index (χ2n) is 12.6. The van der Waals surface area contributed by atoms with Crippen LogP contribution in [0.1, 0.15) is 71.7 Å². The van der Waals surface area contributed by atoms with Crippen LogP contribution in [0.5, 0.6) is 0 Å². The number of rotatable bonds is 4. The van der Waals surface area contributed by atoms with E-state index in [2.05, 4.69) is 0 Å². The Morgan fingerprint density at radius 2 is 1.78 bits per heavy atom. The van der Waals surface area contributed by atoms with Crippen molar-refractivity contribution in [1.82, 2.24) is 0 Å². The zero-order chi connectivity index (χ0) is 30.3. The number of ether oxygens (including phenoxy) is 4. The van der Waals surface area contributed by atoms with Gasteiger partial charge in [-0.15, -0.1) is 0 Å². The molecule has 10 nitrogen and oxygen atoms in total.